The van der Waals surface area contributed by atoms with E-state index in [-0.39, 0.29) is 0 Å². The number of guanidine groups is 1. The molecule has 0 fully saturated rings. The van der Waals surface area contributed by atoms with Gasteiger partial charge in [0.2, 0.25) is 5.88 Å². The lowest BCUT2D eigenvalue weighted by Crippen LogP contribution is -2.32. The van der Waals surface area contributed by atoms with Gasteiger partial charge in [-0.15, -0.1) is 0 Å². The van der Waals surface area contributed by atoms with Crippen LogP contribution in [0.3, 0.4) is 0 Å². The maximum atomic E-state index is 5.86. The van der Waals surface area contributed by atoms with Crippen LogP contribution in [0, 0.1) is 5.92 Å². The average Bonchev–Trinajstić information content (AvgIpc) is 2.63. The molecule has 0 radical (unpaired) electrons. The largest absolute Gasteiger partial charge is 0.490 e. The summed E-state index contributed by atoms with van der Waals surface area (Å²) in [6.45, 7) is 8.18. The first-order valence-electron chi connectivity index (χ1n) is 8.97. The van der Waals surface area contributed by atoms with Gasteiger partial charge in [-0.3, -0.25) is 0 Å². The number of nitrogens with zero attached hydrogens (tertiary/aromatic N) is 2. The Kier molecular flexibility index (Phi) is 7.74. The van der Waals surface area contributed by atoms with Crippen LogP contribution in [0.1, 0.15) is 32.8 Å². The van der Waals surface area contributed by atoms with Crippen LogP contribution in [0.15, 0.2) is 47.6 Å². The van der Waals surface area contributed by atoms with E-state index in [0.29, 0.717) is 42.4 Å². The lowest BCUT2D eigenvalue weighted by Gasteiger charge is -2.10. The Morgan fingerprint density at radius 2 is 1.96 bits per heavy atom. The smallest absolute Gasteiger partial charge is 0.219 e. The summed E-state index contributed by atoms with van der Waals surface area (Å²) < 4.78 is 11.4. The highest BCUT2D eigenvalue weighted by Crippen LogP contribution is 2.30. The summed E-state index contributed by atoms with van der Waals surface area (Å²) in [5.41, 5.74) is 6.83. The summed E-state index contributed by atoms with van der Waals surface area (Å²) in [6, 6.07) is 11.3. The van der Waals surface area contributed by atoms with Gasteiger partial charge in [-0.05, 0) is 37.0 Å². The minimum atomic E-state index is 0.455. The molecule has 6 heteroatoms. The Morgan fingerprint density at radius 1 is 1.19 bits per heavy atom. The van der Waals surface area contributed by atoms with Crippen molar-refractivity contribution >= 4 is 5.96 Å². The van der Waals surface area contributed by atoms with Gasteiger partial charge in [0.05, 0.1) is 13.2 Å². The number of hydrogen-bond acceptors (Lipinski definition) is 4. The predicted octanol–water partition coefficient (Wildman–Crippen LogP) is 3.72. The number of ether oxygens (including phenoxy) is 2. The number of aliphatic imine (C=N–C) groups is 1. The van der Waals surface area contributed by atoms with E-state index in [1.165, 1.54) is 0 Å². The monoisotopic (exact) mass is 356 g/mol. The SMILES string of the molecule is CCOc1ccccc1Oc1ccc(CN=C(N)NCCC(C)C)cn1. The molecule has 0 aliphatic heterocycles. The molecule has 0 bridgehead atoms. The predicted molar refractivity (Wildman–Crippen MR) is 105 cm³/mol. The highest BCUT2D eigenvalue weighted by molar-refractivity contribution is 5.77. The zero-order chi connectivity index (χ0) is 18.8. The molecule has 140 valence electrons. The Balaban J connectivity index is 1.90. The Morgan fingerprint density at radius 3 is 2.62 bits per heavy atom. The molecule has 0 saturated carbocycles. The fourth-order valence-electron chi connectivity index (χ4n) is 2.21. The highest BCUT2D eigenvalue weighted by Gasteiger charge is 2.06. The molecule has 1 aromatic heterocycles. The number of benzene rings is 1. The van der Waals surface area contributed by atoms with Crippen molar-refractivity contribution in [1.29, 1.82) is 0 Å². The number of pyridine rings is 1. The molecule has 0 amide bonds. The molecule has 2 aromatic rings. The van der Waals surface area contributed by atoms with E-state index < -0.39 is 0 Å². The van der Waals surface area contributed by atoms with Crippen molar-refractivity contribution in [1.82, 2.24) is 10.3 Å². The zero-order valence-corrected chi connectivity index (χ0v) is 15.7. The van der Waals surface area contributed by atoms with Crippen molar-refractivity contribution < 1.29 is 9.47 Å². The number of nitrogens with two attached hydrogens (primary N) is 1. The van der Waals surface area contributed by atoms with Crippen LogP contribution in [0.5, 0.6) is 17.4 Å². The maximum Gasteiger partial charge on any atom is 0.219 e. The zero-order valence-electron chi connectivity index (χ0n) is 15.7. The lowest BCUT2D eigenvalue weighted by molar-refractivity contribution is 0.319. The van der Waals surface area contributed by atoms with Crippen LogP contribution in [0.2, 0.25) is 0 Å². The Hall–Kier alpha value is -2.76. The third kappa shape index (κ3) is 6.63. The van der Waals surface area contributed by atoms with Gasteiger partial charge in [0.15, 0.2) is 17.5 Å². The fraction of sp³-hybridized carbons (Fsp3) is 0.400. The van der Waals surface area contributed by atoms with Crippen LogP contribution in [-0.2, 0) is 6.54 Å². The van der Waals surface area contributed by atoms with Gasteiger partial charge in [-0.25, -0.2) is 9.98 Å². The molecule has 0 aliphatic carbocycles. The van der Waals surface area contributed by atoms with E-state index in [2.05, 4.69) is 29.1 Å². The normalized spacial score (nSPS) is 11.5. The van der Waals surface area contributed by atoms with Crippen molar-refractivity contribution in [2.45, 2.75) is 33.7 Å². The number of rotatable bonds is 9. The number of aromatic nitrogens is 1. The van der Waals surface area contributed by atoms with E-state index in [4.69, 9.17) is 15.2 Å². The second kappa shape index (κ2) is 10.3. The maximum absolute atomic E-state index is 5.86. The summed E-state index contributed by atoms with van der Waals surface area (Å²) in [5, 5.41) is 3.12. The summed E-state index contributed by atoms with van der Waals surface area (Å²) in [5.74, 6) is 2.95. The van der Waals surface area contributed by atoms with Crippen molar-refractivity contribution in [3.8, 4) is 17.4 Å². The number of nitrogens with one attached hydrogen (secondary N) is 1. The van der Waals surface area contributed by atoms with Gasteiger partial charge < -0.3 is 20.5 Å². The molecule has 0 atom stereocenters. The van der Waals surface area contributed by atoms with E-state index in [9.17, 15) is 0 Å². The molecule has 0 spiro atoms. The number of para-hydroxylation sites is 2. The minimum Gasteiger partial charge on any atom is -0.490 e. The van der Waals surface area contributed by atoms with Crippen molar-refractivity contribution in [3.05, 3.63) is 48.2 Å². The van der Waals surface area contributed by atoms with Crippen molar-refractivity contribution in [2.24, 2.45) is 16.6 Å². The van der Waals surface area contributed by atoms with E-state index in [0.717, 1.165) is 18.5 Å². The van der Waals surface area contributed by atoms with Crippen LogP contribution in [0.25, 0.3) is 0 Å². The minimum absolute atomic E-state index is 0.455. The molecule has 26 heavy (non-hydrogen) atoms. The first-order chi connectivity index (χ1) is 12.6. The summed E-state index contributed by atoms with van der Waals surface area (Å²) in [6.07, 6.45) is 2.80. The van der Waals surface area contributed by atoms with E-state index >= 15 is 0 Å². The fourth-order valence-corrected chi connectivity index (χ4v) is 2.21. The topological polar surface area (TPSA) is 81.8 Å². The molecule has 0 aliphatic rings. The summed E-state index contributed by atoms with van der Waals surface area (Å²) in [4.78, 5) is 8.66. The first-order valence-corrected chi connectivity index (χ1v) is 8.97. The number of hydrogen-bond donors (Lipinski definition) is 2. The second-order valence-electron chi connectivity index (χ2n) is 6.30. The second-order valence-corrected chi connectivity index (χ2v) is 6.30. The molecular weight excluding hydrogens is 328 g/mol. The van der Waals surface area contributed by atoms with Gasteiger partial charge >= 0.3 is 0 Å². The molecule has 2 rings (SSSR count). The molecule has 0 saturated heterocycles. The van der Waals surface area contributed by atoms with Gasteiger partial charge in [0.25, 0.3) is 0 Å². The molecular formula is C20H28N4O2. The van der Waals surface area contributed by atoms with Crippen LogP contribution in [0.4, 0.5) is 0 Å². The Bertz CT molecular complexity index is 699. The van der Waals surface area contributed by atoms with Gasteiger partial charge in [0, 0.05) is 18.8 Å². The third-order valence-electron chi connectivity index (χ3n) is 3.62. The molecule has 3 N–H and O–H groups in total. The molecule has 1 heterocycles. The van der Waals surface area contributed by atoms with Gasteiger partial charge in [0.1, 0.15) is 0 Å². The van der Waals surface area contributed by atoms with Gasteiger partial charge in [-0.1, -0.05) is 32.0 Å². The first kappa shape index (κ1) is 19.6. The molecule has 0 unspecified atom stereocenters. The summed E-state index contributed by atoms with van der Waals surface area (Å²) in [7, 11) is 0. The summed E-state index contributed by atoms with van der Waals surface area (Å²) >= 11 is 0. The van der Waals surface area contributed by atoms with Crippen molar-refractivity contribution in [3.63, 3.8) is 0 Å². The van der Waals surface area contributed by atoms with Crippen molar-refractivity contribution in [2.75, 3.05) is 13.2 Å². The molecule has 6 nitrogen and oxygen atoms in total. The highest BCUT2D eigenvalue weighted by atomic mass is 16.5. The van der Waals surface area contributed by atoms with Crippen LogP contribution in [-0.4, -0.2) is 24.1 Å². The van der Waals surface area contributed by atoms with Crippen LogP contribution >= 0.6 is 0 Å². The quantitative estimate of drug-likeness (QED) is 0.528. The standard InChI is InChI=1S/C20H28N4O2/c1-4-25-17-7-5-6-8-18(17)26-19-10-9-16(13-23-19)14-24-20(21)22-12-11-15(2)3/h5-10,13,15H,4,11-12,14H2,1-3H3,(H3,21,22,24). The third-order valence-corrected chi connectivity index (χ3v) is 3.62. The average molecular weight is 356 g/mol. The van der Waals surface area contributed by atoms with E-state index in [1.54, 1.807) is 6.20 Å². The van der Waals surface area contributed by atoms with E-state index in [1.807, 2.05) is 43.3 Å². The molecule has 1 aromatic carbocycles. The Labute approximate surface area is 155 Å². The lowest BCUT2D eigenvalue weighted by atomic mass is 10.1. The van der Waals surface area contributed by atoms with Crippen LogP contribution < -0.4 is 20.5 Å². The van der Waals surface area contributed by atoms with Gasteiger partial charge in [-0.2, -0.15) is 0 Å².